The second-order valence-electron chi connectivity index (χ2n) is 5.58. The summed E-state index contributed by atoms with van der Waals surface area (Å²) in [6, 6.07) is 0. The third kappa shape index (κ3) is 5.65. The number of ether oxygens (including phenoxy) is 1. The number of nitrogens with one attached hydrogen (secondary N) is 1. The van der Waals surface area contributed by atoms with Gasteiger partial charge in [0, 0.05) is 39.3 Å². The van der Waals surface area contributed by atoms with Gasteiger partial charge in [0.25, 0.3) is 10.2 Å². The lowest BCUT2D eigenvalue weighted by atomic mass is 10.2. The van der Waals surface area contributed by atoms with Crippen LogP contribution in [-0.4, -0.2) is 69.6 Å². The van der Waals surface area contributed by atoms with E-state index in [0.29, 0.717) is 32.2 Å². The van der Waals surface area contributed by atoms with Crippen molar-refractivity contribution in [3.63, 3.8) is 0 Å². The minimum Gasteiger partial charge on any atom is -0.374 e. The molecule has 0 saturated carbocycles. The Bertz CT molecular complexity index is 369. The summed E-state index contributed by atoms with van der Waals surface area (Å²) >= 11 is 0. The van der Waals surface area contributed by atoms with Gasteiger partial charge in [0.05, 0.1) is 12.7 Å². The van der Waals surface area contributed by atoms with Crippen molar-refractivity contribution in [3.05, 3.63) is 0 Å². The molecule has 0 radical (unpaired) electrons. The number of morpholine rings is 1. The van der Waals surface area contributed by atoms with E-state index in [4.69, 9.17) is 4.74 Å². The summed E-state index contributed by atoms with van der Waals surface area (Å²) in [4.78, 5) is 2.34. The van der Waals surface area contributed by atoms with Gasteiger partial charge < -0.3 is 4.74 Å². The average Bonchev–Trinajstić information content (AvgIpc) is 2.37. The third-order valence-electron chi connectivity index (χ3n) is 3.38. The van der Waals surface area contributed by atoms with Gasteiger partial charge in [0.2, 0.25) is 0 Å². The maximum atomic E-state index is 12.0. The lowest BCUT2D eigenvalue weighted by Gasteiger charge is -2.34. The van der Waals surface area contributed by atoms with Crippen LogP contribution in [0.5, 0.6) is 0 Å². The van der Waals surface area contributed by atoms with E-state index >= 15 is 0 Å². The Balaban J connectivity index is 2.44. The quantitative estimate of drug-likeness (QED) is 0.710. The molecule has 0 bridgehead atoms. The number of rotatable bonds is 8. The molecule has 1 rings (SSSR count). The largest absolute Gasteiger partial charge is 0.374 e. The highest BCUT2D eigenvalue weighted by atomic mass is 32.2. The molecule has 1 N–H and O–H groups in total. The average molecular weight is 307 g/mol. The van der Waals surface area contributed by atoms with Crippen LogP contribution in [0.3, 0.4) is 0 Å². The lowest BCUT2D eigenvalue weighted by molar-refractivity contribution is -0.0281. The number of hydrogen-bond donors (Lipinski definition) is 1. The highest BCUT2D eigenvalue weighted by Gasteiger charge is 2.24. The lowest BCUT2D eigenvalue weighted by Crippen LogP contribution is -2.50. The van der Waals surface area contributed by atoms with E-state index in [0.717, 1.165) is 19.6 Å². The molecule has 0 aromatic rings. The summed E-state index contributed by atoms with van der Waals surface area (Å²) < 4.78 is 33.8. The molecule has 0 amide bonds. The molecular formula is C13H29N3O3S. The monoisotopic (exact) mass is 307 g/mol. The molecule has 1 aliphatic rings. The van der Waals surface area contributed by atoms with Crippen molar-refractivity contribution in [2.45, 2.75) is 33.8 Å². The van der Waals surface area contributed by atoms with Gasteiger partial charge in [-0.2, -0.15) is 17.4 Å². The van der Waals surface area contributed by atoms with Gasteiger partial charge in [-0.05, 0) is 5.92 Å². The maximum absolute atomic E-state index is 12.0. The van der Waals surface area contributed by atoms with Gasteiger partial charge in [0.1, 0.15) is 0 Å². The van der Waals surface area contributed by atoms with Crippen molar-refractivity contribution in [1.29, 1.82) is 0 Å². The minimum absolute atomic E-state index is 0.0622. The summed E-state index contributed by atoms with van der Waals surface area (Å²) in [5.74, 6) is 0.612. The van der Waals surface area contributed by atoms with Gasteiger partial charge in [-0.15, -0.1) is 0 Å². The van der Waals surface area contributed by atoms with Crippen LogP contribution in [0.2, 0.25) is 0 Å². The van der Waals surface area contributed by atoms with Crippen LogP contribution in [0.4, 0.5) is 0 Å². The minimum atomic E-state index is -3.38. The molecular weight excluding hydrogens is 278 g/mol. The number of nitrogens with zero attached hydrogens (tertiary/aromatic N) is 2. The second-order valence-corrected chi connectivity index (χ2v) is 7.34. The smallest absolute Gasteiger partial charge is 0.279 e. The second kappa shape index (κ2) is 8.29. The number of hydrogen-bond acceptors (Lipinski definition) is 4. The SMILES string of the molecule is CCN(CC)S(=O)(=O)NC[C@H]1CN(CC(C)C)CCO1. The van der Waals surface area contributed by atoms with E-state index in [-0.39, 0.29) is 6.10 Å². The fourth-order valence-corrected chi connectivity index (χ4v) is 3.70. The zero-order valence-electron chi connectivity index (χ0n) is 13.1. The standard InChI is InChI=1S/C13H29N3O3S/c1-5-16(6-2)20(17,18)14-9-13-11-15(7-8-19-13)10-12(3)4/h12-14H,5-11H2,1-4H3/t13-/m0/s1. The van der Waals surface area contributed by atoms with Crippen molar-refractivity contribution in [2.24, 2.45) is 5.92 Å². The Labute approximate surface area is 123 Å². The van der Waals surface area contributed by atoms with E-state index in [1.165, 1.54) is 4.31 Å². The molecule has 0 aromatic carbocycles. The van der Waals surface area contributed by atoms with Crippen molar-refractivity contribution in [2.75, 3.05) is 45.9 Å². The van der Waals surface area contributed by atoms with Gasteiger partial charge in [-0.3, -0.25) is 4.90 Å². The van der Waals surface area contributed by atoms with Gasteiger partial charge in [-0.1, -0.05) is 27.7 Å². The van der Waals surface area contributed by atoms with Crippen molar-refractivity contribution < 1.29 is 13.2 Å². The summed E-state index contributed by atoms with van der Waals surface area (Å²) in [6.45, 7) is 12.8. The molecule has 1 atom stereocenters. The molecule has 0 aromatic heterocycles. The first-order valence-electron chi connectivity index (χ1n) is 7.47. The molecule has 0 spiro atoms. The van der Waals surface area contributed by atoms with E-state index in [9.17, 15) is 8.42 Å². The molecule has 6 nitrogen and oxygen atoms in total. The molecule has 1 saturated heterocycles. The first-order chi connectivity index (χ1) is 9.39. The van der Waals surface area contributed by atoms with Gasteiger partial charge in [0.15, 0.2) is 0 Å². The molecule has 7 heteroatoms. The Morgan fingerprint density at radius 2 is 2.00 bits per heavy atom. The summed E-state index contributed by atoms with van der Waals surface area (Å²) in [7, 11) is -3.38. The Morgan fingerprint density at radius 1 is 1.35 bits per heavy atom. The van der Waals surface area contributed by atoms with Crippen molar-refractivity contribution in [1.82, 2.24) is 13.9 Å². The zero-order chi connectivity index (χ0) is 15.2. The molecule has 1 fully saturated rings. The molecule has 1 aliphatic heterocycles. The van der Waals surface area contributed by atoms with Crippen molar-refractivity contribution >= 4 is 10.2 Å². The van der Waals surface area contributed by atoms with E-state index in [2.05, 4.69) is 23.5 Å². The maximum Gasteiger partial charge on any atom is 0.279 e. The fraction of sp³-hybridized carbons (Fsp3) is 1.00. The van der Waals surface area contributed by atoms with Crippen LogP contribution >= 0.6 is 0 Å². The summed E-state index contributed by atoms with van der Waals surface area (Å²) in [5, 5.41) is 0. The van der Waals surface area contributed by atoms with Crippen LogP contribution < -0.4 is 4.72 Å². The fourth-order valence-electron chi connectivity index (χ4n) is 2.44. The predicted molar refractivity (Wildman–Crippen MR) is 80.9 cm³/mol. The van der Waals surface area contributed by atoms with E-state index in [1.54, 1.807) is 0 Å². The van der Waals surface area contributed by atoms with Crippen LogP contribution in [-0.2, 0) is 14.9 Å². The Hall–Kier alpha value is -0.210. The van der Waals surface area contributed by atoms with Crippen LogP contribution in [0.15, 0.2) is 0 Å². The Morgan fingerprint density at radius 3 is 2.55 bits per heavy atom. The Kier molecular flexibility index (Phi) is 7.39. The topological polar surface area (TPSA) is 61.9 Å². The third-order valence-corrected chi connectivity index (χ3v) is 5.11. The van der Waals surface area contributed by atoms with Crippen LogP contribution in [0.1, 0.15) is 27.7 Å². The first-order valence-corrected chi connectivity index (χ1v) is 8.91. The van der Waals surface area contributed by atoms with E-state index < -0.39 is 10.2 Å². The van der Waals surface area contributed by atoms with Crippen molar-refractivity contribution in [3.8, 4) is 0 Å². The van der Waals surface area contributed by atoms with E-state index in [1.807, 2.05) is 13.8 Å². The van der Waals surface area contributed by atoms with Gasteiger partial charge in [-0.25, -0.2) is 0 Å². The normalized spacial score (nSPS) is 21.8. The zero-order valence-corrected chi connectivity index (χ0v) is 13.9. The highest BCUT2D eigenvalue weighted by molar-refractivity contribution is 7.87. The van der Waals surface area contributed by atoms with Crippen LogP contribution in [0.25, 0.3) is 0 Å². The summed E-state index contributed by atoms with van der Waals surface area (Å²) in [6.07, 6.45) is -0.0622. The predicted octanol–water partition coefficient (Wildman–Crippen LogP) is 0.519. The molecule has 20 heavy (non-hydrogen) atoms. The van der Waals surface area contributed by atoms with Gasteiger partial charge >= 0.3 is 0 Å². The molecule has 0 aliphatic carbocycles. The molecule has 0 unspecified atom stereocenters. The van der Waals surface area contributed by atoms with Crippen LogP contribution in [0, 0.1) is 5.92 Å². The summed E-state index contributed by atoms with van der Waals surface area (Å²) in [5.41, 5.74) is 0. The highest BCUT2D eigenvalue weighted by Crippen LogP contribution is 2.08. The first kappa shape index (κ1) is 17.8. The molecule has 1 heterocycles. The molecule has 120 valence electrons.